The van der Waals surface area contributed by atoms with Gasteiger partial charge in [0.15, 0.2) is 0 Å². The molecule has 2 N–H and O–H groups in total. The van der Waals surface area contributed by atoms with Crippen LogP contribution in [0.5, 0.6) is 0 Å². The lowest BCUT2D eigenvalue weighted by Gasteiger charge is -2.16. The van der Waals surface area contributed by atoms with Crippen LogP contribution < -0.4 is 5.32 Å². The first-order chi connectivity index (χ1) is 10.3. The van der Waals surface area contributed by atoms with Gasteiger partial charge in [0.2, 0.25) is 0 Å². The van der Waals surface area contributed by atoms with Gasteiger partial charge in [0.1, 0.15) is 6.04 Å². The van der Waals surface area contributed by atoms with Gasteiger partial charge in [-0.1, -0.05) is 18.2 Å². The monoisotopic (exact) mass is 315 g/mol. The minimum atomic E-state index is -4.69. The third kappa shape index (κ3) is 4.91. The van der Waals surface area contributed by atoms with E-state index >= 15 is 0 Å². The molecule has 1 aromatic carbocycles. The topological polar surface area (TPSA) is 66.4 Å². The number of amides is 1. The highest BCUT2D eigenvalue weighted by Gasteiger charge is 2.35. The maximum Gasteiger partial charge on any atom is 0.417 e. The van der Waals surface area contributed by atoms with Gasteiger partial charge in [-0.3, -0.25) is 4.79 Å². The van der Waals surface area contributed by atoms with Crippen LogP contribution in [0.4, 0.5) is 13.2 Å². The van der Waals surface area contributed by atoms with Crippen molar-refractivity contribution in [3.05, 3.63) is 48.0 Å². The van der Waals surface area contributed by atoms with E-state index in [-0.39, 0.29) is 6.42 Å². The number of alkyl halides is 3. The lowest BCUT2D eigenvalue weighted by molar-refractivity contribution is -0.139. The van der Waals surface area contributed by atoms with Crippen molar-refractivity contribution in [3.8, 4) is 0 Å². The molecule has 0 saturated carbocycles. The summed E-state index contributed by atoms with van der Waals surface area (Å²) in [6.45, 7) is 3.49. The summed E-state index contributed by atoms with van der Waals surface area (Å²) in [5.41, 5.74) is -1.69. The van der Waals surface area contributed by atoms with E-state index in [4.69, 9.17) is 5.11 Å². The highest BCUT2D eigenvalue weighted by atomic mass is 19.4. The van der Waals surface area contributed by atoms with Crippen LogP contribution in [0.2, 0.25) is 0 Å². The zero-order valence-electron chi connectivity index (χ0n) is 11.7. The minimum absolute atomic E-state index is 0.112. The van der Waals surface area contributed by atoms with Gasteiger partial charge >= 0.3 is 12.1 Å². The number of halogens is 3. The van der Waals surface area contributed by atoms with Crippen molar-refractivity contribution in [1.29, 1.82) is 0 Å². The Hall–Kier alpha value is -2.31. The molecule has 0 saturated heterocycles. The van der Waals surface area contributed by atoms with Crippen LogP contribution in [0, 0.1) is 0 Å². The highest BCUT2D eigenvalue weighted by Crippen LogP contribution is 2.31. The van der Waals surface area contributed by atoms with Gasteiger partial charge in [-0.25, -0.2) is 4.79 Å². The third-order valence-electron chi connectivity index (χ3n) is 2.98. The molecule has 0 aliphatic carbocycles. The number of benzene rings is 1. The molecule has 0 unspecified atom stereocenters. The maximum atomic E-state index is 12.8. The SMILES string of the molecule is C=CCCC[C@H](NC(=O)c1ccccc1C(F)(F)F)C(=O)O. The number of hydrogen-bond donors (Lipinski definition) is 2. The molecule has 1 amide bonds. The maximum absolute atomic E-state index is 12.8. The Morgan fingerprint density at radius 3 is 2.50 bits per heavy atom. The van der Waals surface area contributed by atoms with Gasteiger partial charge in [0.25, 0.3) is 5.91 Å². The minimum Gasteiger partial charge on any atom is -0.480 e. The Morgan fingerprint density at radius 2 is 1.95 bits per heavy atom. The van der Waals surface area contributed by atoms with Crippen molar-refractivity contribution in [1.82, 2.24) is 5.32 Å². The molecule has 1 aromatic rings. The van der Waals surface area contributed by atoms with Crippen molar-refractivity contribution in [2.24, 2.45) is 0 Å². The van der Waals surface area contributed by atoms with Crippen molar-refractivity contribution in [2.45, 2.75) is 31.5 Å². The standard InChI is InChI=1S/C15H16F3NO3/c1-2-3-4-9-12(14(21)22)19-13(20)10-7-5-6-8-11(10)15(16,17)18/h2,5-8,12H,1,3-4,9H2,(H,19,20)(H,21,22)/t12-/m0/s1. The first-order valence-electron chi connectivity index (χ1n) is 6.58. The number of carbonyl (C=O) groups is 2. The summed E-state index contributed by atoms with van der Waals surface area (Å²) in [6.07, 6.45) is -1.96. The van der Waals surface area contributed by atoms with Gasteiger partial charge in [0, 0.05) is 0 Å². The van der Waals surface area contributed by atoms with E-state index in [2.05, 4.69) is 11.9 Å². The lowest BCUT2D eigenvalue weighted by Crippen LogP contribution is -2.41. The Bertz CT molecular complexity index is 555. The third-order valence-corrected chi connectivity index (χ3v) is 2.98. The number of aliphatic carboxylic acids is 1. The fourth-order valence-corrected chi connectivity index (χ4v) is 1.89. The van der Waals surface area contributed by atoms with Gasteiger partial charge in [-0.05, 0) is 31.4 Å². The molecular formula is C15H16F3NO3. The fraction of sp³-hybridized carbons (Fsp3) is 0.333. The molecule has 0 aromatic heterocycles. The molecule has 22 heavy (non-hydrogen) atoms. The van der Waals surface area contributed by atoms with Crippen LogP contribution >= 0.6 is 0 Å². The Morgan fingerprint density at radius 1 is 1.32 bits per heavy atom. The summed E-state index contributed by atoms with van der Waals surface area (Å²) in [6, 6.07) is 3.01. The first kappa shape index (κ1) is 17.7. The lowest BCUT2D eigenvalue weighted by atomic mass is 10.0. The Kier molecular flexibility index (Phi) is 6.15. The average molecular weight is 315 g/mol. The van der Waals surface area contributed by atoms with E-state index in [1.165, 1.54) is 12.1 Å². The number of hydrogen-bond acceptors (Lipinski definition) is 2. The summed E-state index contributed by atoms with van der Waals surface area (Å²) >= 11 is 0. The van der Waals surface area contributed by atoms with Crippen molar-refractivity contribution < 1.29 is 27.9 Å². The molecule has 7 heteroatoms. The van der Waals surface area contributed by atoms with Crippen molar-refractivity contribution in [2.75, 3.05) is 0 Å². The molecule has 1 atom stereocenters. The zero-order chi connectivity index (χ0) is 16.8. The molecule has 0 aliphatic rings. The van der Waals surface area contributed by atoms with Crippen molar-refractivity contribution >= 4 is 11.9 Å². The predicted octanol–water partition coefficient (Wildman–Crippen LogP) is 3.24. The number of nitrogens with one attached hydrogen (secondary N) is 1. The van der Waals surface area contributed by atoms with Crippen LogP contribution in [-0.4, -0.2) is 23.0 Å². The molecule has 0 spiro atoms. The zero-order valence-corrected chi connectivity index (χ0v) is 11.7. The number of carbonyl (C=O) groups excluding carboxylic acids is 1. The van der Waals surface area contributed by atoms with E-state index in [1.54, 1.807) is 6.08 Å². The van der Waals surface area contributed by atoms with Crippen LogP contribution in [0.25, 0.3) is 0 Å². The van der Waals surface area contributed by atoms with Gasteiger partial charge < -0.3 is 10.4 Å². The molecule has 120 valence electrons. The van der Waals surface area contributed by atoms with E-state index in [0.29, 0.717) is 12.8 Å². The molecule has 0 radical (unpaired) electrons. The molecule has 4 nitrogen and oxygen atoms in total. The highest BCUT2D eigenvalue weighted by molar-refractivity contribution is 5.98. The largest absolute Gasteiger partial charge is 0.480 e. The molecule has 0 bridgehead atoms. The second-order valence-corrected chi connectivity index (χ2v) is 4.63. The van der Waals surface area contributed by atoms with Gasteiger partial charge in [-0.15, -0.1) is 6.58 Å². The van der Waals surface area contributed by atoms with Crippen molar-refractivity contribution in [3.63, 3.8) is 0 Å². The molecule has 1 rings (SSSR count). The summed E-state index contributed by atoms with van der Waals surface area (Å²) in [7, 11) is 0. The number of rotatable bonds is 7. The van der Waals surface area contributed by atoms with Crippen LogP contribution in [-0.2, 0) is 11.0 Å². The number of carboxylic acid groups (broad SMARTS) is 1. The average Bonchev–Trinajstić information content (AvgIpc) is 2.45. The second-order valence-electron chi connectivity index (χ2n) is 4.63. The predicted molar refractivity (Wildman–Crippen MR) is 74.4 cm³/mol. The van der Waals surface area contributed by atoms with E-state index < -0.39 is 35.2 Å². The van der Waals surface area contributed by atoms with E-state index in [9.17, 15) is 22.8 Å². The summed E-state index contributed by atoms with van der Waals surface area (Å²) in [5.74, 6) is -2.35. The molecule has 0 fully saturated rings. The molecule has 0 heterocycles. The van der Waals surface area contributed by atoms with Gasteiger partial charge in [0.05, 0.1) is 11.1 Å². The quantitative estimate of drug-likeness (QED) is 0.599. The van der Waals surface area contributed by atoms with Gasteiger partial charge in [-0.2, -0.15) is 13.2 Å². The van der Waals surface area contributed by atoms with Crippen LogP contribution in [0.1, 0.15) is 35.2 Å². The summed E-state index contributed by atoms with van der Waals surface area (Å²) in [5, 5.41) is 11.2. The number of allylic oxidation sites excluding steroid dienone is 1. The van der Waals surface area contributed by atoms with Crippen LogP contribution in [0.3, 0.4) is 0 Å². The summed E-state index contributed by atoms with van der Waals surface area (Å²) < 4.78 is 38.5. The van der Waals surface area contributed by atoms with E-state index in [1.807, 2.05) is 0 Å². The first-order valence-corrected chi connectivity index (χ1v) is 6.58. The smallest absolute Gasteiger partial charge is 0.417 e. The second kappa shape index (κ2) is 7.63. The summed E-state index contributed by atoms with van der Waals surface area (Å²) in [4.78, 5) is 23.0. The van der Waals surface area contributed by atoms with E-state index in [0.717, 1.165) is 12.1 Å². The Balaban J connectivity index is 2.91. The molecular weight excluding hydrogens is 299 g/mol. The number of unbranched alkanes of at least 4 members (excludes halogenated alkanes) is 1. The Labute approximate surface area is 125 Å². The normalized spacial score (nSPS) is 12.5. The number of carboxylic acids is 1. The van der Waals surface area contributed by atoms with Crippen LogP contribution in [0.15, 0.2) is 36.9 Å². The fourth-order valence-electron chi connectivity index (χ4n) is 1.89. The molecule has 0 aliphatic heterocycles.